The zero-order chi connectivity index (χ0) is 11.7. The van der Waals surface area contributed by atoms with E-state index in [1.54, 1.807) is 0 Å². The monoisotopic (exact) mass is 225 g/mol. The lowest BCUT2D eigenvalue weighted by atomic mass is 10.0. The number of aromatic nitrogens is 1. The van der Waals surface area contributed by atoms with Crippen LogP contribution in [0.1, 0.15) is 21.6 Å². The van der Waals surface area contributed by atoms with Gasteiger partial charge in [0, 0.05) is 12.0 Å². The minimum absolute atomic E-state index is 0.220. The summed E-state index contributed by atoms with van der Waals surface area (Å²) in [6, 6.07) is 0. The Balaban J connectivity index is 2.58. The standard InChI is InChI=1S/C10H11NO5/c1-15-10(14)7-8(12)5-2-3-16-4-6(5)11-9(7)13/h2-4H2,1H3,(H2,11,12,13). The fraction of sp³-hybridized carbons (Fsp3) is 0.400. The zero-order valence-electron chi connectivity index (χ0n) is 8.69. The number of esters is 1. The highest BCUT2D eigenvalue weighted by atomic mass is 16.5. The van der Waals surface area contributed by atoms with Crippen LogP contribution in [0.3, 0.4) is 0 Å². The third kappa shape index (κ3) is 1.57. The third-order valence-corrected chi connectivity index (χ3v) is 2.46. The molecule has 0 saturated carbocycles. The summed E-state index contributed by atoms with van der Waals surface area (Å²) in [5.74, 6) is -1.61. The van der Waals surface area contributed by atoms with Crippen molar-refractivity contribution in [3.8, 4) is 11.6 Å². The molecule has 86 valence electrons. The van der Waals surface area contributed by atoms with E-state index in [-0.39, 0.29) is 17.9 Å². The second-order valence-electron chi connectivity index (χ2n) is 3.38. The second kappa shape index (κ2) is 3.97. The summed E-state index contributed by atoms with van der Waals surface area (Å²) < 4.78 is 9.59. The summed E-state index contributed by atoms with van der Waals surface area (Å²) in [6.45, 7) is 0.672. The van der Waals surface area contributed by atoms with Gasteiger partial charge in [-0.1, -0.05) is 0 Å². The number of methoxy groups -OCH3 is 1. The van der Waals surface area contributed by atoms with Crippen molar-refractivity contribution in [1.82, 2.24) is 4.98 Å². The molecule has 1 aliphatic heterocycles. The molecule has 0 atom stereocenters. The molecule has 16 heavy (non-hydrogen) atoms. The molecule has 0 amide bonds. The first-order valence-corrected chi connectivity index (χ1v) is 4.75. The summed E-state index contributed by atoms with van der Waals surface area (Å²) in [7, 11) is 1.17. The summed E-state index contributed by atoms with van der Waals surface area (Å²) in [5.41, 5.74) is 0.696. The van der Waals surface area contributed by atoms with Crippen LogP contribution >= 0.6 is 0 Å². The predicted octanol–water partition coefficient (Wildman–Crippen LogP) is 0.352. The molecule has 0 spiro atoms. The Morgan fingerprint density at radius 2 is 2.25 bits per heavy atom. The van der Waals surface area contributed by atoms with Gasteiger partial charge in [-0.05, 0) is 0 Å². The predicted molar refractivity (Wildman–Crippen MR) is 52.3 cm³/mol. The van der Waals surface area contributed by atoms with Crippen LogP contribution in [0.15, 0.2) is 0 Å². The molecule has 0 radical (unpaired) electrons. The molecule has 6 nitrogen and oxygen atoms in total. The van der Waals surface area contributed by atoms with Crippen LogP contribution in [0.5, 0.6) is 11.6 Å². The third-order valence-electron chi connectivity index (χ3n) is 2.46. The Hall–Kier alpha value is -1.82. The average Bonchev–Trinajstić information content (AvgIpc) is 2.28. The van der Waals surface area contributed by atoms with E-state index in [0.29, 0.717) is 24.3 Å². The van der Waals surface area contributed by atoms with Crippen LogP contribution in [0.25, 0.3) is 0 Å². The normalized spacial score (nSPS) is 14.3. The number of nitrogens with zero attached hydrogens (tertiary/aromatic N) is 1. The molecule has 0 fully saturated rings. The van der Waals surface area contributed by atoms with Gasteiger partial charge < -0.3 is 19.7 Å². The summed E-state index contributed by atoms with van der Waals surface area (Å²) in [4.78, 5) is 15.1. The molecule has 0 unspecified atom stereocenters. The number of aromatic hydroxyl groups is 2. The average molecular weight is 225 g/mol. The first kappa shape index (κ1) is 10.7. The van der Waals surface area contributed by atoms with Crippen LogP contribution in [0.2, 0.25) is 0 Å². The smallest absolute Gasteiger partial charge is 0.347 e. The topological polar surface area (TPSA) is 88.9 Å². The minimum atomic E-state index is -0.809. The van der Waals surface area contributed by atoms with Gasteiger partial charge in [0.2, 0.25) is 5.88 Å². The number of hydrogen-bond donors (Lipinski definition) is 2. The highest BCUT2D eigenvalue weighted by molar-refractivity contribution is 5.95. The van der Waals surface area contributed by atoms with Gasteiger partial charge in [-0.3, -0.25) is 0 Å². The molecule has 0 saturated heterocycles. The second-order valence-corrected chi connectivity index (χ2v) is 3.38. The van der Waals surface area contributed by atoms with E-state index in [4.69, 9.17) is 4.74 Å². The largest absolute Gasteiger partial charge is 0.506 e. The minimum Gasteiger partial charge on any atom is -0.506 e. The fourth-order valence-corrected chi connectivity index (χ4v) is 1.66. The van der Waals surface area contributed by atoms with Crippen molar-refractivity contribution in [2.45, 2.75) is 13.0 Å². The van der Waals surface area contributed by atoms with E-state index in [9.17, 15) is 15.0 Å². The molecule has 6 heteroatoms. The number of rotatable bonds is 1. The van der Waals surface area contributed by atoms with Crippen molar-refractivity contribution >= 4 is 5.97 Å². The maximum absolute atomic E-state index is 11.3. The van der Waals surface area contributed by atoms with Gasteiger partial charge in [-0.2, -0.15) is 0 Å². The molecular weight excluding hydrogens is 214 g/mol. The Kier molecular flexibility index (Phi) is 2.66. The van der Waals surface area contributed by atoms with Crippen molar-refractivity contribution in [3.05, 3.63) is 16.8 Å². The van der Waals surface area contributed by atoms with Crippen LogP contribution < -0.4 is 0 Å². The van der Waals surface area contributed by atoms with Crippen molar-refractivity contribution in [2.24, 2.45) is 0 Å². The van der Waals surface area contributed by atoms with E-state index in [0.717, 1.165) is 0 Å². The van der Waals surface area contributed by atoms with Crippen LogP contribution in [0, 0.1) is 0 Å². The number of hydrogen-bond acceptors (Lipinski definition) is 6. The first-order chi connectivity index (χ1) is 7.65. The lowest BCUT2D eigenvalue weighted by Gasteiger charge is -2.18. The van der Waals surface area contributed by atoms with Crippen LogP contribution in [0.4, 0.5) is 0 Å². The number of ether oxygens (including phenoxy) is 2. The number of pyridine rings is 1. The lowest BCUT2D eigenvalue weighted by Crippen LogP contribution is -2.15. The highest BCUT2D eigenvalue weighted by Gasteiger charge is 2.26. The van der Waals surface area contributed by atoms with Crippen molar-refractivity contribution in [2.75, 3.05) is 13.7 Å². The summed E-state index contributed by atoms with van der Waals surface area (Å²) in [5, 5.41) is 19.4. The van der Waals surface area contributed by atoms with Crippen LogP contribution in [-0.4, -0.2) is 34.9 Å². The molecule has 1 aromatic rings. The van der Waals surface area contributed by atoms with E-state index < -0.39 is 11.8 Å². The van der Waals surface area contributed by atoms with E-state index >= 15 is 0 Å². The molecule has 1 aromatic heterocycles. The number of carbonyl (C=O) groups excluding carboxylic acids is 1. The van der Waals surface area contributed by atoms with Gasteiger partial charge in [0.15, 0.2) is 5.56 Å². The SMILES string of the molecule is COC(=O)c1c(O)nc2c(c1O)CCOC2. The molecule has 0 bridgehead atoms. The Morgan fingerprint density at radius 3 is 2.94 bits per heavy atom. The number of fused-ring (bicyclic) bond motifs is 1. The van der Waals surface area contributed by atoms with Crippen molar-refractivity contribution in [1.29, 1.82) is 0 Å². The summed E-state index contributed by atoms with van der Waals surface area (Å²) >= 11 is 0. The summed E-state index contributed by atoms with van der Waals surface area (Å²) in [6.07, 6.45) is 0.457. The van der Waals surface area contributed by atoms with Gasteiger partial charge in [-0.15, -0.1) is 0 Å². The van der Waals surface area contributed by atoms with Gasteiger partial charge in [-0.25, -0.2) is 9.78 Å². The molecule has 0 aliphatic carbocycles. The van der Waals surface area contributed by atoms with Gasteiger partial charge in [0.25, 0.3) is 0 Å². The van der Waals surface area contributed by atoms with E-state index in [1.165, 1.54) is 7.11 Å². The molecule has 2 rings (SSSR count). The van der Waals surface area contributed by atoms with Crippen LogP contribution in [-0.2, 0) is 22.5 Å². The van der Waals surface area contributed by atoms with Gasteiger partial charge in [0.1, 0.15) is 5.75 Å². The Bertz CT molecular complexity index is 443. The number of carbonyl (C=O) groups is 1. The zero-order valence-corrected chi connectivity index (χ0v) is 8.69. The van der Waals surface area contributed by atoms with E-state index in [1.807, 2.05) is 0 Å². The Morgan fingerprint density at radius 1 is 1.50 bits per heavy atom. The quantitative estimate of drug-likeness (QED) is 0.670. The molecule has 2 heterocycles. The maximum Gasteiger partial charge on any atom is 0.347 e. The highest BCUT2D eigenvalue weighted by Crippen LogP contribution is 2.33. The van der Waals surface area contributed by atoms with Crippen molar-refractivity contribution in [3.63, 3.8) is 0 Å². The molecule has 1 aliphatic rings. The van der Waals surface area contributed by atoms with E-state index in [2.05, 4.69) is 9.72 Å². The van der Waals surface area contributed by atoms with Gasteiger partial charge >= 0.3 is 5.97 Å². The molecule has 0 aromatic carbocycles. The fourth-order valence-electron chi connectivity index (χ4n) is 1.66. The first-order valence-electron chi connectivity index (χ1n) is 4.75. The molecule has 2 N–H and O–H groups in total. The lowest BCUT2D eigenvalue weighted by molar-refractivity contribution is 0.0590. The van der Waals surface area contributed by atoms with Crippen molar-refractivity contribution < 1.29 is 24.5 Å². The maximum atomic E-state index is 11.3. The van der Waals surface area contributed by atoms with Gasteiger partial charge in [0.05, 0.1) is 26.0 Å². The molecular formula is C10H11NO5. The Labute approximate surface area is 91.4 Å².